The molecule has 0 saturated carbocycles. The van der Waals surface area contributed by atoms with Gasteiger partial charge in [0.05, 0.1) is 35.8 Å². The molecule has 1 atom stereocenters. The van der Waals surface area contributed by atoms with Gasteiger partial charge in [-0.1, -0.05) is 41.4 Å². The van der Waals surface area contributed by atoms with Gasteiger partial charge in [0.15, 0.2) is 0 Å². The van der Waals surface area contributed by atoms with Gasteiger partial charge in [0, 0.05) is 15.7 Å². The highest BCUT2D eigenvalue weighted by Gasteiger charge is 2.41. The van der Waals surface area contributed by atoms with Gasteiger partial charge in [0.25, 0.3) is 5.91 Å². The molecule has 12 heteroatoms. The first-order chi connectivity index (χ1) is 17.2. The third kappa shape index (κ3) is 6.12. The maximum atomic E-state index is 13.5. The lowest BCUT2D eigenvalue weighted by Gasteiger charge is -2.20. The van der Waals surface area contributed by atoms with E-state index < -0.39 is 46.6 Å². The number of benzene rings is 3. The van der Waals surface area contributed by atoms with Gasteiger partial charge in [-0.05, 0) is 53.9 Å². The third-order valence-electron chi connectivity index (χ3n) is 5.41. The average Bonchev–Trinajstić information content (AvgIpc) is 2.81. The summed E-state index contributed by atoms with van der Waals surface area (Å²) < 4.78 is 85.0. The highest BCUT2D eigenvalue weighted by molar-refractivity contribution is 6.32. The second kappa shape index (κ2) is 10.5. The van der Waals surface area contributed by atoms with Crippen molar-refractivity contribution in [3.05, 3.63) is 92.0 Å². The van der Waals surface area contributed by atoms with Crippen LogP contribution in [0.15, 0.2) is 48.5 Å². The minimum atomic E-state index is -5.23. The van der Waals surface area contributed by atoms with Gasteiger partial charge in [-0.15, -0.1) is 0 Å². The molecule has 0 aromatic heterocycles. The Bertz CT molecular complexity index is 1380. The first-order valence-electron chi connectivity index (χ1n) is 10.3. The molecule has 0 aliphatic carbocycles. The van der Waals surface area contributed by atoms with E-state index in [-0.39, 0.29) is 22.8 Å². The van der Waals surface area contributed by atoms with Crippen LogP contribution in [0, 0.1) is 18.3 Å². The number of nitrogens with zero attached hydrogens (tertiary/aromatic N) is 1. The first-order valence-corrected chi connectivity index (χ1v) is 11.1. The van der Waals surface area contributed by atoms with Crippen LogP contribution in [0.5, 0.6) is 5.75 Å². The quantitative estimate of drug-likeness (QED) is 0.319. The largest absolute Gasteiger partial charge is 0.495 e. The van der Waals surface area contributed by atoms with Crippen molar-refractivity contribution in [1.29, 1.82) is 5.26 Å². The lowest BCUT2D eigenvalue weighted by molar-refractivity contribution is -0.143. The van der Waals surface area contributed by atoms with Gasteiger partial charge in [-0.25, -0.2) is 0 Å². The predicted octanol–water partition coefficient (Wildman–Crippen LogP) is 8.26. The van der Waals surface area contributed by atoms with Crippen molar-refractivity contribution in [3.8, 4) is 11.8 Å². The molecule has 1 amide bonds. The fourth-order valence-electron chi connectivity index (χ4n) is 3.62. The Morgan fingerprint density at radius 3 is 2.14 bits per heavy atom. The third-order valence-corrected chi connectivity index (χ3v) is 5.99. The second-order valence-electron chi connectivity index (χ2n) is 7.86. The van der Waals surface area contributed by atoms with Gasteiger partial charge >= 0.3 is 12.4 Å². The summed E-state index contributed by atoms with van der Waals surface area (Å²) >= 11 is 12.3. The van der Waals surface area contributed by atoms with E-state index in [2.05, 4.69) is 16.1 Å². The van der Waals surface area contributed by atoms with E-state index in [9.17, 15) is 36.4 Å². The minimum absolute atomic E-state index is 0.0135. The number of rotatable bonds is 5. The van der Waals surface area contributed by atoms with E-state index in [4.69, 9.17) is 23.2 Å². The number of carbonyl (C=O) groups is 1. The molecule has 3 aromatic rings. The van der Waals surface area contributed by atoms with Crippen molar-refractivity contribution in [1.82, 2.24) is 0 Å². The molecule has 0 spiro atoms. The monoisotopic (exact) mass is 560 g/mol. The summed E-state index contributed by atoms with van der Waals surface area (Å²) in [5.41, 5.74) is -3.07. The zero-order valence-corrected chi connectivity index (χ0v) is 20.5. The van der Waals surface area contributed by atoms with Crippen LogP contribution in [0.25, 0.3) is 0 Å². The van der Waals surface area contributed by atoms with Crippen LogP contribution in [0.3, 0.4) is 0 Å². The van der Waals surface area contributed by atoms with Crippen LogP contribution in [0.4, 0.5) is 32.0 Å². The number of amides is 1. The molecule has 1 N–H and O–H groups in total. The Kier molecular flexibility index (Phi) is 8.00. The van der Waals surface area contributed by atoms with Crippen molar-refractivity contribution in [3.63, 3.8) is 0 Å². The maximum absolute atomic E-state index is 13.5. The molecule has 1 unspecified atom stereocenters. The number of nitriles is 1. The fraction of sp³-hybridized carbons (Fsp3) is 0.200. The van der Waals surface area contributed by atoms with E-state index in [1.807, 2.05) is 0 Å². The molecule has 0 fully saturated rings. The fourth-order valence-corrected chi connectivity index (χ4v) is 4.02. The Morgan fingerprint density at radius 1 is 1.00 bits per heavy atom. The Labute approximate surface area is 217 Å². The average molecular weight is 561 g/mol. The number of ether oxygens (including phenoxy) is 1. The number of anilines is 1. The lowest BCUT2D eigenvalue weighted by Crippen LogP contribution is -2.20. The molecule has 0 bridgehead atoms. The van der Waals surface area contributed by atoms with E-state index >= 15 is 0 Å². The molecule has 0 heterocycles. The Hall–Kier alpha value is -3.42. The smallest absolute Gasteiger partial charge is 0.420 e. The summed E-state index contributed by atoms with van der Waals surface area (Å²) in [7, 11) is 0.810. The highest BCUT2D eigenvalue weighted by atomic mass is 35.5. The molecule has 3 rings (SSSR count). The maximum Gasteiger partial charge on any atom is 0.420 e. The summed E-state index contributed by atoms with van der Waals surface area (Å²) in [6.07, 6.45) is -10.4. The number of carbonyl (C=O) groups excluding carboxylic acids is 1. The number of methoxy groups -OCH3 is 1. The van der Waals surface area contributed by atoms with Crippen LogP contribution in [0.1, 0.15) is 44.1 Å². The number of nitrogens with one attached hydrogen (secondary N) is 1. The topological polar surface area (TPSA) is 62.1 Å². The minimum Gasteiger partial charge on any atom is -0.495 e. The summed E-state index contributed by atoms with van der Waals surface area (Å²) in [4.78, 5) is 12.9. The van der Waals surface area contributed by atoms with Gasteiger partial charge in [-0.2, -0.15) is 31.6 Å². The zero-order valence-electron chi connectivity index (χ0n) is 19.0. The van der Waals surface area contributed by atoms with E-state index in [0.29, 0.717) is 21.7 Å². The highest BCUT2D eigenvalue weighted by Crippen LogP contribution is 2.43. The van der Waals surface area contributed by atoms with Crippen molar-refractivity contribution in [2.45, 2.75) is 25.2 Å². The van der Waals surface area contributed by atoms with Crippen LogP contribution < -0.4 is 10.1 Å². The van der Waals surface area contributed by atoms with Crippen LogP contribution in [-0.2, 0) is 12.4 Å². The summed E-state index contributed by atoms with van der Waals surface area (Å²) in [5.74, 6) is -3.16. The summed E-state index contributed by atoms with van der Waals surface area (Å²) in [6.45, 7) is 1.52. The van der Waals surface area contributed by atoms with Gasteiger partial charge < -0.3 is 10.1 Å². The summed E-state index contributed by atoms with van der Waals surface area (Å²) in [6, 6.07) is 11.5. The van der Waals surface area contributed by atoms with Gasteiger partial charge in [0.1, 0.15) is 5.75 Å². The Balaban J connectivity index is 2.05. The molecule has 37 heavy (non-hydrogen) atoms. The van der Waals surface area contributed by atoms with Crippen LogP contribution in [0.2, 0.25) is 10.0 Å². The van der Waals surface area contributed by atoms with Crippen molar-refractivity contribution in [2.75, 3.05) is 12.4 Å². The molecule has 4 nitrogen and oxygen atoms in total. The second-order valence-corrected chi connectivity index (χ2v) is 8.70. The number of hydrogen-bond donors (Lipinski definition) is 1. The lowest BCUT2D eigenvalue weighted by atomic mass is 9.91. The van der Waals surface area contributed by atoms with E-state index in [1.165, 1.54) is 19.1 Å². The predicted molar refractivity (Wildman–Crippen MR) is 126 cm³/mol. The van der Waals surface area contributed by atoms with Crippen LogP contribution in [-0.4, -0.2) is 13.0 Å². The Morgan fingerprint density at radius 2 is 1.62 bits per heavy atom. The molecule has 0 saturated heterocycles. The van der Waals surface area contributed by atoms with E-state index in [1.54, 1.807) is 24.3 Å². The number of halogens is 8. The normalized spacial score (nSPS) is 12.6. The van der Waals surface area contributed by atoms with Gasteiger partial charge in [-0.3, -0.25) is 4.79 Å². The standard InChI is InChI=1S/C25H16Cl2F6N2O2/c1-12-7-16(18(11-34)13-3-5-15(26)6-4-13)20(27)10-21(12)35-23(36)17-8-14(24(28,29)30)9-19(22(17)37-2)25(31,32)33/h3-10,18H,1-2H3,(H,35,36). The molecule has 0 aliphatic rings. The zero-order chi connectivity index (χ0) is 27.7. The number of hydrogen-bond acceptors (Lipinski definition) is 3. The molecular weight excluding hydrogens is 545 g/mol. The molecule has 0 aliphatic heterocycles. The molecular formula is C25H16Cl2F6N2O2. The molecule has 0 radical (unpaired) electrons. The first kappa shape index (κ1) is 28.2. The van der Waals surface area contributed by atoms with Gasteiger partial charge in [0.2, 0.25) is 0 Å². The SMILES string of the molecule is COc1c(C(=O)Nc2cc(Cl)c(C(C#N)c3ccc(Cl)cc3)cc2C)cc(C(F)(F)F)cc1C(F)(F)F. The van der Waals surface area contributed by atoms with E-state index in [0.717, 1.165) is 7.11 Å². The summed E-state index contributed by atoms with van der Waals surface area (Å²) in [5, 5.41) is 12.5. The number of alkyl halides is 6. The van der Waals surface area contributed by atoms with Crippen molar-refractivity contribution >= 4 is 34.8 Å². The van der Waals surface area contributed by atoms with Crippen molar-refractivity contribution < 1.29 is 35.9 Å². The van der Waals surface area contributed by atoms with Crippen LogP contribution >= 0.6 is 23.2 Å². The number of aryl methyl sites for hydroxylation is 1. The van der Waals surface area contributed by atoms with Crippen molar-refractivity contribution in [2.24, 2.45) is 0 Å². The molecule has 3 aromatic carbocycles. The molecule has 194 valence electrons.